The summed E-state index contributed by atoms with van der Waals surface area (Å²) >= 11 is 0. The molecule has 0 N–H and O–H groups in total. The largest absolute Gasteiger partial charge is 0.368 e. The van der Waals surface area contributed by atoms with Crippen molar-refractivity contribution in [2.45, 2.75) is 25.2 Å². The zero-order valence-corrected chi connectivity index (χ0v) is 11.0. The van der Waals surface area contributed by atoms with Gasteiger partial charge in [0.25, 0.3) is 0 Å². The summed E-state index contributed by atoms with van der Waals surface area (Å²) < 4.78 is 10.4. The Bertz CT molecular complexity index is 505. The first-order chi connectivity index (χ1) is 9.34. The lowest BCUT2D eigenvalue weighted by Crippen LogP contribution is -1.80. The Labute approximate surface area is 114 Å². The predicted octanol–water partition coefficient (Wildman–Crippen LogP) is 3.90. The molecule has 0 amide bonds. The van der Waals surface area contributed by atoms with Crippen LogP contribution in [0.5, 0.6) is 0 Å². The molecule has 0 radical (unpaired) electrons. The highest BCUT2D eigenvalue weighted by molar-refractivity contribution is 5.21. The lowest BCUT2D eigenvalue weighted by Gasteiger charge is -1.90. The second kappa shape index (κ2) is 5.55. The highest BCUT2D eigenvalue weighted by atomic mass is 16.6. The molecule has 2 aliphatic heterocycles. The van der Waals surface area contributed by atoms with E-state index in [4.69, 9.17) is 9.47 Å². The Morgan fingerprint density at radius 1 is 0.842 bits per heavy atom. The summed E-state index contributed by atoms with van der Waals surface area (Å²) in [6.45, 7) is 3.00. The molecule has 2 aromatic carbocycles. The zero-order chi connectivity index (χ0) is 13.1. The van der Waals surface area contributed by atoms with E-state index in [1.807, 2.05) is 36.4 Å². The van der Waals surface area contributed by atoms with Crippen LogP contribution in [0, 0.1) is 0 Å². The summed E-state index contributed by atoms with van der Waals surface area (Å²) in [4.78, 5) is 0. The van der Waals surface area contributed by atoms with E-state index < -0.39 is 0 Å². The van der Waals surface area contributed by atoms with Gasteiger partial charge in [0.15, 0.2) is 0 Å². The molecule has 0 saturated carbocycles. The van der Waals surface area contributed by atoms with E-state index in [0.717, 1.165) is 6.61 Å². The monoisotopic (exact) mass is 254 g/mol. The van der Waals surface area contributed by atoms with Crippen LogP contribution in [0.1, 0.15) is 30.3 Å². The van der Waals surface area contributed by atoms with Gasteiger partial charge in [0.2, 0.25) is 0 Å². The summed E-state index contributed by atoms with van der Waals surface area (Å²) in [6, 6.07) is 20.6. The third kappa shape index (κ3) is 3.43. The molecule has 2 aliphatic rings. The average molecular weight is 254 g/mol. The number of hydrogen-bond acceptors (Lipinski definition) is 2. The molecule has 0 aliphatic carbocycles. The molecular weight excluding hydrogens is 236 g/mol. The number of ether oxygens (including phenoxy) is 2. The Hall–Kier alpha value is -1.64. The van der Waals surface area contributed by atoms with Crippen molar-refractivity contribution >= 4 is 0 Å². The predicted molar refractivity (Wildman–Crippen MR) is 74.9 cm³/mol. The van der Waals surface area contributed by atoms with Crippen molar-refractivity contribution < 1.29 is 9.47 Å². The lowest BCUT2D eigenvalue weighted by atomic mass is 10.1. The van der Waals surface area contributed by atoms with Crippen molar-refractivity contribution in [1.82, 2.24) is 0 Å². The van der Waals surface area contributed by atoms with Gasteiger partial charge in [-0.05, 0) is 18.1 Å². The highest BCUT2D eigenvalue weighted by Gasteiger charge is 2.35. The minimum Gasteiger partial charge on any atom is -0.368 e. The number of benzene rings is 2. The van der Waals surface area contributed by atoms with E-state index in [1.165, 1.54) is 11.1 Å². The van der Waals surface area contributed by atoms with Crippen LogP contribution in [-0.4, -0.2) is 12.7 Å². The number of rotatable bonds is 2. The van der Waals surface area contributed by atoms with Crippen LogP contribution in [0.15, 0.2) is 60.7 Å². The van der Waals surface area contributed by atoms with Crippen LogP contribution < -0.4 is 0 Å². The molecule has 2 aromatic rings. The van der Waals surface area contributed by atoms with Crippen LogP contribution >= 0.6 is 0 Å². The molecule has 0 spiro atoms. The van der Waals surface area contributed by atoms with Crippen molar-refractivity contribution in [3.8, 4) is 0 Å². The van der Waals surface area contributed by atoms with Gasteiger partial charge >= 0.3 is 0 Å². The Morgan fingerprint density at radius 3 is 1.74 bits per heavy atom. The fourth-order valence-electron chi connectivity index (χ4n) is 2.09. The van der Waals surface area contributed by atoms with Gasteiger partial charge < -0.3 is 9.47 Å². The quantitative estimate of drug-likeness (QED) is 0.759. The third-order valence-corrected chi connectivity index (χ3v) is 3.34. The molecule has 4 rings (SSSR count). The first-order valence-electron chi connectivity index (χ1n) is 6.71. The Kier molecular flexibility index (Phi) is 3.62. The van der Waals surface area contributed by atoms with Crippen LogP contribution in [0.2, 0.25) is 0 Å². The zero-order valence-electron chi connectivity index (χ0n) is 11.0. The van der Waals surface area contributed by atoms with Gasteiger partial charge in [0.1, 0.15) is 12.2 Å². The van der Waals surface area contributed by atoms with E-state index in [0.29, 0.717) is 18.3 Å². The van der Waals surface area contributed by atoms with Gasteiger partial charge in [-0.25, -0.2) is 0 Å². The van der Waals surface area contributed by atoms with Gasteiger partial charge in [0, 0.05) is 0 Å². The van der Waals surface area contributed by atoms with Gasteiger partial charge in [0.05, 0.1) is 12.7 Å². The lowest BCUT2D eigenvalue weighted by molar-refractivity contribution is 0.383. The van der Waals surface area contributed by atoms with E-state index in [1.54, 1.807) is 0 Å². The first-order valence-corrected chi connectivity index (χ1v) is 6.71. The normalized spacial score (nSPS) is 27.1. The van der Waals surface area contributed by atoms with Crippen molar-refractivity contribution in [2.24, 2.45) is 0 Å². The molecule has 2 heterocycles. The number of hydrogen-bond donors (Lipinski definition) is 0. The molecular formula is C17H18O2. The molecule has 2 heteroatoms. The standard InChI is InChI=1S/C9H10O.C8H8O/c1-7-9(10-7)8-5-3-2-4-6-8;1-2-4-7(5-3-1)8-6-9-8/h2-7,9H,1H3;1-5,8H,6H2. The maximum Gasteiger partial charge on any atom is 0.109 e. The van der Waals surface area contributed by atoms with E-state index in [-0.39, 0.29) is 0 Å². The minimum absolute atomic E-state index is 0.376. The van der Waals surface area contributed by atoms with Crippen LogP contribution in [0.3, 0.4) is 0 Å². The van der Waals surface area contributed by atoms with Crippen LogP contribution in [-0.2, 0) is 9.47 Å². The van der Waals surface area contributed by atoms with Gasteiger partial charge in [-0.1, -0.05) is 60.7 Å². The first kappa shape index (κ1) is 12.4. The molecule has 0 bridgehead atoms. The fraction of sp³-hybridized carbons (Fsp3) is 0.294. The van der Waals surface area contributed by atoms with Crippen molar-refractivity contribution in [2.75, 3.05) is 6.61 Å². The van der Waals surface area contributed by atoms with Crippen LogP contribution in [0.4, 0.5) is 0 Å². The summed E-state index contributed by atoms with van der Waals surface area (Å²) in [6.07, 6.45) is 1.22. The summed E-state index contributed by atoms with van der Waals surface area (Å²) in [7, 11) is 0. The van der Waals surface area contributed by atoms with Gasteiger partial charge in [-0.3, -0.25) is 0 Å². The average Bonchev–Trinajstić information content (AvgIpc) is 3.37. The molecule has 98 valence electrons. The molecule has 3 unspecified atom stereocenters. The highest BCUT2D eigenvalue weighted by Crippen LogP contribution is 2.37. The maximum absolute atomic E-state index is 5.30. The topological polar surface area (TPSA) is 25.1 Å². The third-order valence-electron chi connectivity index (χ3n) is 3.34. The minimum atomic E-state index is 0.376. The molecule has 0 aromatic heterocycles. The molecule has 2 nitrogen and oxygen atoms in total. The van der Waals surface area contributed by atoms with Crippen molar-refractivity contribution in [1.29, 1.82) is 0 Å². The van der Waals surface area contributed by atoms with Crippen molar-refractivity contribution in [3.05, 3.63) is 71.8 Å². The smallest absolute Gasteiger partial charge is 0.109 e. The second-order valence-electron chi connectivity index (χ2n) is 4.91. The fourth-order valence-corrected chi connectivity index (χ4v) is 2.09. The summed E-state index contributed by atoms with van der Waals surface area (Å²) in [5.74, 6) is 0. The van der Waals surface area contributed by atoms with E-state index >= 15 is 0 Å². The van der Waals surface area contributed by atoms with E-state index in [9.17, 15) is 0 Å². The van der Waals surface area contributed by atoms with E-state index in [2.05, 4.69) is 31.2 Å². The maximum atomic E-state index is 5.30. The molecule has 2 saturated heterocycles. The Balaban J connectivity index is 0.000000117. The second-order valence-corrected chi connectivity index (χ2v) is 4.91. The van der Waals surface area contributed by atoms with Crippen molar-refractivity contribution in [3.63, 3.8) is 0 Å². The van der Waals surface area contributed by atoms with Crippen LogP contribution in [0.25, 0.3) is 0 Å². The molecule has 3 atom stereocenters. The summed E-state index contributed by atoms with van der Waals surface area (Å²) in [5, 5.41) is 0. The van der Waals surface area contributed by atoms with Gasteiger partial charge in [-0.15, -0.1) is 0 Å². The number of epoxide rings is 2. The Morgan fingerprint density at radius 2 is 1.32 bits per heavy atom. The van der Waals surface area contributed by atoms with Gasteiger partial charge in [-0.2, -0.15) is 0 Å². The molecule has 19 heavy (non-hydrogen) atoms. The molecule has 2 fully saturated rings. The summed E-state index contributed by atoms with van der Waals surface area (Å²) in [5.41, 5.74) is 2.60. The SMILES string of the molecule is CC1OC1c1ccccc1.c1ccc(C2CO2)cc1.